The first kappa shape index (κ1) is 19.1. The minimum Gasteiger partial charge on any atom is -0.362 e. The van der Waals surface area contributed by atoms with Crippen LogP contribution in [0, 0.1) is 0 Å². The van der Waals surface area contributed by atoms with Crippen LogP contribution < -0.4 is 0 Å². The van der Waals surface area contributed by atoms with E-state index >= 15 is 0 Å². The van der Waals surface area contributed by atoms with Crippen molar-refractivity contribution in [1.82, 2.24) is 5.01 Å². The van der Waals surface area contributed by atoms with E-state index in [0.29, 0.717) is 10.0 Å². The van der Waals surface area contributed by atoms with Crippen LogP contribution in [0.1, 0.15) is 22.3 Å². The van der Waals surface area contributed by atoms with Crippen LogP contribution >= 0.6 is 31.9 Å². The van der Waals surface area contributed by atoms with Crippen LogP contribution in [0.15, 0.2) is 62.6 Å². The molecule has 2 aromatic rings. The fourth-order valence-corrected chi connectivity index (χ4v) is 3.25. The van der Waals surface area contributed by atoms with E-state index in [9.17, 15) is 23.1 Å². The van der Waals surface area contributed by atoms with E-state index in [4.69, 9.17) is 0 Å². The van der Waals surface area contributed by atoms with E-state index in [-0.39, 0.29) is 16.3 Å². The summed E-state index contributed by atoms with van der Waals surface area (Å²) in [5.41, 5.74) is -3.09. The number of benzene rings is 2. The van der Waals surface area contributed by atoms with Gasteiger partial charge in [0, 0.05) is 8.95 Å². The van der Waals surface area contributed by atoms with E-state index in [0.717, 1.165) is 4.47 Å². The van der Waals surface area contributed by atoms with Gasteiger partial charge in [-0.3, -0.25) is 4.79 Å². The summed E-state index contributed by atoms with van der Waals surface area (Å²) in [6.07, 6.45) is -5.93. The Kier molecular flexibility index (Phi) is 4.98. The molecule has 9 heteroatoms. The van der Waals surface area contributed by atoms with E-state index < -0.39 is 24.2 Å². The maximum Gasteiger partial charge on any atom is 0.438 e. The van der Waals surface area contributed by atoms with Crippen molar-refractivity contribution in [3.8, 4) is 0 Å². The van der Waals surface area contributed by atoms with Gasteiger partial charge >= 0.3 is 6.18 Å². The second kappa shape index (κ2) is 6.79. The van der Waals surface area contributed by atoms with Crippen molar-refractivity contribution in [3.05, 3.63) is 68.6 Å². The molecule has 1 aliphatic rings. The fraction of sp³-hybridized carbons (Fsp3) is 0.176. The van der Waals surface area contributed by atoms with Gasteiger partial charge in [-0.25, -0.2) is 0 Å². The molecule has 3 rings (SSSR count). The van der Waals surface area contributed by atoms with Crippen molar-refractivity contribution in [1.29, 1.82) is 0 Å². The third-order valence-corrected chi connectivity index (χ3v) is 5.13. The first-order valence-electron chi connectivity index (χ1n) is 7.35. The smallest absolute Gasteiger partial charge is 0.362 e. The molecular formula is C17H11Br2F3N2O2. The molecule has 1 amide bonds. The van der Waals surface area contributed by atoms with Gasteiger partial charge in [0.1, 0.15) is 0 Å². The number of amides is 1. The number of hydrazone groups is 1. The zero-order valence-electron chi connectivity index (χ0n) is 13.0. The molecule has 0 radical (unpaired) electrons. The summed E-state index contributed by atoms with van der Waals surface area (Å²) in [6.45, 7) is 0. The Morgan fingerprint density at radius 1 is 1.12 bits per heavy atom. The Balaban J connectivity index is 2.07. The van der Waals surface area contributed by atoms with Crippen molar-refractivity contribution in [2.24, 2.45) is 5.10 Å². The molecule has 0 saturated carbocycles. The minimum atomic E-state index is -5.08. The molecule has 0 spiro atoms. The van der Waals surface area contributed by atoms with Gasteiger partial charge < -0.3 is 5.11 Å². The van der Waals surface area contributed by atoms with Crippen LogP contribution in [-0.4, -0.2) is 33.6 Å². The summed E-state index contributed by atoms with van der Waals surface area (Å²) >= 11 is 6.38. The molecule has 1 heterocycles. The number of rotatable bonds is 2. The molecule has 0 fully saturated rings. The van der Waals surface area contributed by atoms with Gasteiger partial charge in [-0.2, -0.15) is 23.3 Å². The lowest BCUT2D eigenvalue weighted by molar-refractivity contribution is -0.297. The van der Waals surface area contributed by atoms with Crippen molar-refractivity contribution in [2.45, 2.75) is 18.3 Å². The van der Waals surface area contributed by atoms with Crippen molar-refractivity contribution in [2.75, 3.05) is 0 Å². The summed E-state index contributed by atoms with van der Waals surface area (Å²) in [5.74, 6) is -1.05. The number of halogens is 5. The van der Waals surface area contributed by atoms with Gasteiger partial charge in [-0.1, -0.05) is 40.2 Å². The lowest BCUT2D eigenvalue weighted by atomic mass is 10.0. The largest absolute Gasteiger partial charge is 0.438 e. The maximum atomic E-state index is 13.6. The predicted octanol–water partition coefficient (Wildman–Crippen LogP) is 4.71. The molecule has 0 aromatic heterocycles. The van der Waals surface area contributed by atoms with Gasteiger partial charge in [0.2, 0.25) is 0 Å². The number of carbonyl (C=O) groups excluding carboxylic acids is 1. The Hall–Kier alpha value is -1.71. The standard InChI is InChI=1S/C17H11Br2F3N2O2/c18-11-7-5-10(6-8-11)14-9-16(26,17(20,21)22)24(23-14)15(25)12-3-1-2-4-13(12)19/h1-8,26H,9H2. The number of alkyl halides is 3. The van der Waals surface area contributed by atoms with Gasteiger partial charge in [0.25, 0.3) is 11.6 Å². The molecule has 0 saturated heterocycles. The van der Waals surface area contributed by atoms with Crippen LogP contribution in [-0.2, 0) is 0 Å². The molecule has 1 N–H and O–H groups in total. The van der Waals surface area contributed by atoms with Gasteiger partial charge in [0.05, 0.1) is 17.7 Å². The van der Waals surface area contributed by atoms with Gasteiger partial charge in [-0.05, 0) is 45.8 Å². The SMILES string of the molecule is O=C(c1ccccc1Br)N1N=C(c2ccc(Br)cc2)CC1(O)C(F)(F)F. The molecule has 26 heavy (non-hydrogen) atoms. The topological polar surface area (TPSA) is 52.9 Å². The number of aliphatic hydroxyl groups is 1. The molecule has 1 unspecified atom stereocenters. The monoisotopic (exact) mass is 490 g/mol. The lowest BCUT2D eigenvalue weighted by Gasteiger charge is -2.32. The molecule has 2 aromatic carbocycles. The summed E-state index contributed by atoms with van der Waals surface area (Å²) < 4.78 is 41.8. The summed E-state index contributed by atoms with van der Waals surface area (Å²) in [4.78, 5) is 12.7. The molecule has 0 bridgehead atoms. The molecule has 0 aliphatic carbocycles. The normalized spacial score (nSPS) is 20.2. The fourth-order valence-electron chi connectivity index (χ4n) is 2.53. The summed E-state index contributed by atoms with van der Waals surface area (Å²) in [5, 5.41) is 14.3. The summed E-state index contributed by atoms with van der Waals surface area (Å²) in [6, 6.07) is 12.4. The molecule has 1 aliphatic heterocycles. The maximum absolute atomic E-state index is 13.6. The Morgan fingerprint density at radius 3 is 2.31 bits per heavy atom. The molecule has 1 atom stereocenters. The molecule has 136 valence electrons. The van der Waals surface area contributed by atoms with E-state index in [1.165, 1.54) is 18.2 Å². The first-order chi connectivity index (χ1) is 12.1. The highest BCUT2D eigenvalue weighted by Gasteiger charge is 2.63. The number of nitrogens with zero attached hydrogens (tertiary/aromatic N) is 2. The predicted molar refractivity (Wildman–Crippen MR) is 96.6 cm³/mol. The van der Waals surface area contributed by atoms with Crippen LogP contribution in [0.3, 0.4) is 0 Å². The zero-order chi connectivity index (χ0) is 19.1. The van der Waals surface area contributed by atoms with E-state index in [1.54, 1.807) is 30.3 Å². The Morgan fingerprint density at radius 2 is 1.73 bits per heavy atom. The Bertz CT molecular complexity index is 884. The molecular weight excluding hydrogens is 481 g/mol. The third-order valence-electron chi connectivity index (χ3n) is 3.91. The van der Waals surface area contributed by atoms with E-state index in [2.05, 4.69) is 37.0 Å². The van der Waals surface area contributed by atoms with Crippen molar-refractivity contribution < 1.29 is 23.1 Å². The average Bonchev–Trinajstić information content (AvgIpc) is 2.94. The Labute approximate surface area is 163 Å². The van der Waals surface area contributed by atoms with Crippen LogP contribution in [0.25, 0.3) is 0 Å². The average molecular weight is 492 g/mol. The third kappa shape index (κ3) is 3.30. The zero-order valence-corrected chi connectivity index (χ0v) is 16.1. The second-order valence-electron chi connectivity index (χ2n) is 5.64. The van der Waals surface area contributed by atoms with Gasteiger partial charge in [-0.15, -0.1) is 0 Å². The second-order valence-corrected chi connectivity index (χ2v) is 7.41. The quantitative estimate of drug-likeness (QED) is 0.661. The number of carbonyl (C=O) groups is 1. The first-order valence-corrected chi connectivity index (χ1v) is 8.94. The van der Waals surface area contributed by atoms with Crippen LogP contribution in [0.5, 0.6) is 0 Å². The highest BCUT2D eigenvalue weighted by molar-refractivity contribution is 9.10. The lowest BCUT2D eigenvalue weighted by Crippen LogP contribution is -2.56. The van der Waals surface area contributed by atoms with Crippen LogP contribution in [0.4, 0.5) is 13.2 Å². The van der Waals surface area contributed by atoms with Crippen molar-refractivity contribution >= 4 is 43.5 Å². The van der Waals surface area contributed by atoms with Gasteiger partial charge in [0.15, 0.2) is 0 Å². The highest BCUT2D eigenvalue weighted by atomic mass is 79.9. The number of hydrogen-bond donors (Lipinski definition) is 1. The van der Waals surface area contributed by atoms with E-state index in [1.807, 2.05) is 0 Å². The summed E-state index contributed by atoms with van der Waals surface area (Å²) in [7, 11) is 0. The van der Waals surface area contributed by atoms with Crippen molar-refractivity contribution in [3.63, 3.8) is 0 Å². The molecule has 4 nitrogen and oxygen atoms in total. The minimum absolute atomic E-state index is 0.0299. The number of hydrogen-bond acceptors (Lipinski definition) is 3. The highest BCUT2D eigenvalue weighted by Crippen LogP contribution is 2.42. The van der Waals surface area contributed by atoms with Crippen LogP contribution in [0.2, 0.25) is 0 Å².